The first-order chi connectivity index (χ1) is 8.56. The van der Waals surface area contributed by atoms with Crippen LogP contribution in [0.15, 0.2) is 18.2 Å². The van der Waals surface area contributed by atoms with Gasteiger partial charge in [-0.25, -0.2) is 4.39 Å². The zero-order chi connectivity index (χ0) is 13.1. The first kappa shape index (κ1) is 12.5. The Labute approximate surface area is 105 Å². The minimum Gasteiger partial charge on any atom is -0.355 e. The molecular formula is C13H15FN2O2. The van der Waals surface area contributed by atoms with Crippen LogP contribution in [0.1, 0.15) is 18.4 Å². The smallest absolute Gasteiger partial charge is 0.229 e. The number of amides is 2. The molecule has 1 saturated heterocycles. The summed E-state index contributed by atoms with van der Waals surface area (Å²) in [6.45, 7) is 2.15. The first-order valence-corrected chi connectivity index (χ1v) is 5.90. The van der Waals surface area contributed by atoms with Crippen molar-refractivity contribution < 1.29 is 14.0 Å². The van der Waals surface area contributed by atoms with Gasteiger partial charge in [0.05, 0.1) is 5.92 Å². The lowest BCUT2D eigenvalue weighted by molar-refractivity contribution is -0.126. The molecule has 0 spiro atoms. The molecule has 1 aliphatic rings. The van der Waals surface area contributed by atoms with Crippen molar-refractivity contribution in [2.75, 3.05) is 11.9 Å². The molecule has 0 aliphatic carbocycles. The number of aryl methyl sites for hydroxylation is 1. The van der Waals surface area contributed by atoms with Crippen LogP contribution < -0.4 is 10.6 Å². The maximum Gasteiger partial charge on any atom is 0.229 e. The zero-order valence-electron chi connectivity index (χ0n) is 10.1. The first-order valence-electron chi connectivity index (χ1n) is 5.90. The molecule has 0 radical (unpaired) electrons. The van der Waals surface area contributed by atoms with Crippen LogP contribution in [-0.2, 0) is 9.59 Å². The van der Waals surface area contributed by atoms with E-state index >= 15 is 0 Å². The van der Waals surface area contributed by atoms with Gasteiger partial charge in [0.25, 0.3) is 0 Å². The van der Waals surface area contributed by atoms with Crippen LogP contribution >= 0.6 is 0 Å². The van der Waals surface area contributed by atoms with Crippen molar-refractivity contribution in [3.05, 3.63) is 29.6 Å². The highest BCUT2D eigenvalue weighted by Gasteiger charge is 2.24. The number of rotatable bonds is 2. The highest BCUT2D eigenvalue weighted by Crippen LogP contribution is 2.19. The minimum absolute atomic E-state index is 0.0269. The quantitative estimate of drug-likeness (QED) is 0.837. The highest BCUT2D eigenvalue weighted by atomic mass is 19.1. The fourth-order valence-electron chi connectivity index (χ4n) is 1.92. The maximum atomic E-state index is 13.1. The van der Waals surface area contributed by atoms with E-state index in [-0.39, 0.29) is 23.5 Å². The second kappa shape index (κ2) is 5.16. The van der Waals surface area contributed by atoms with E-state index in [1.807, 2.05) is 0 Å². The van der Waals surface area contributed by atoms with Gasteiger partial charge in [-0.1, -0.05) is 6.07 Å². The third-order valence-electron chi connectivity index (χ3n) is 3.09. The van der Waals surface area contributed by atoms with Gasteiger partial charge in [0.15, 0.2) is 0 Å². The molecule has 4 nitrogen and oxygen atoms in total. The average Bonchev–Trinajstić information content (AvgIpc) is 2.34. The Balaban J connectivity index is 2.02. The van der Waals surface area contributed by atoms with Crippen molar-refractivity contribution in [2.45, 2.75) is 19.8 Å². The second-order valence-electron chi connectivity index (χ2n) is 4.49. The summed E-state index contributed by atoms with van der Waals surface area (Å²) in [5, 5.41) is 5.36. The molecule has 1 aromatic carbocycles. The highest BCUT2D eigenvalue weighted by molar-refractivity contribution is 5.94. The van der Waals surface area contributed by atoms with Crippen molar-refractivity contribution in [1.82, 2.24) is 5.32 Å². The number of carbonyl (C=O) groups excluding carboxylic acids is 2. The van der Waals surface area contributed by atoms with Crippen LogP contribution in [0.25, 0.3) is 0 Å². The lowest BCUT2D eigenvalue weighted by atomic mass is 9.98. The number of halogens is 1. The van der Waals surface area contributed by atoms with Gasteiger partial charge in [-0.05, 0) is 31.0 Å². The van der Waals surface area contributed by atoms with Crippen LogP contribution in [-0.4, -0.2) is 18.4 Å². The third-order valence-corrected chi connectivity index (χ3v) is 3.09. The number of benzene rings is 1. The largest absolute Gasteiger partial charge is 0.355 e. The molecule has 1 heterocycles. The van der Waals surface area contributed by atoms with Crippen molar-refractivity contribution >= 4 is 17.5 Å². The Kier molecular flexibility index (Phi) is 3.60. The number of hydrogen-bond acceptors (Lipinski definition) is 2. The molecule has 2 N–H and O–H groups in total. The normalized spacial score (nSPS) is 19.2. The third kappa shape index (κ3) is 2.85. The van der Waals surface area contributed by atoms with E-state index in [0.29, 0.717) is 25.1 Å². The lowest BCUT2D eigenvalue weighted by Gasteiger charge is -2.22. The van der Waals surface area contributed by atoms with Crippen LogP contribution in [0.3, 0.4) is 0 Å². The van der Waals surface area contributed by atoms with Crippen molar-refractivity contribution in [1.29, 1.82) is 0 Å². The lowest BCUT2D eigenvalue weighted by Crippen LogP contribution is -2.40. The van der Waals surface area contributed by atoms with E-state index < -0.39 is 0 Å². The minimum atomic E-state index is -0.382. The molecule has 1 aromatic rings. The Morgan fingerprint density at radius 2 is 2.28 bits per heavy atom. The summed E-state index contributed by atoms with van der Waals surface area (Å²) in [4.78, 5) is 22.9. The second-order valence-corrected chi connectivity index (χ2v) is 4.49. The number of anilines is 1. The fraction of sp³-hybridized carbons (Fsp3) is 0.385. The molecule has 1 unspecified atom stereocenters. The Morgan fingerprint density at radius 3 is 2.94 bits per heavy atom. The van der Waals surface area contributed by atoms with Gasteiger partial charge < -0.3 is 10.6 Å². The van der Waals surface area contributed by atoms with Crippen LogP contribution in [0.5, 0.6) is 0 Å². The zero-order valence-corrected chi connectivity index (χ0v) is 10.1. The molecule has 2 amide bonds. The van der Waals surface area contributed by atoms with Gasteiger partial charge in [-0.2, -0.15) is 0 Å². The SMILES string of the molecule is Cc1ccc(F)cc1NC(=O)C1CCC(=O)NC1. The molecule has 18 heavy (non-hydrogen) atoms. The van der Waals surface area contributed by atoms with Gasteiger partial charge in [0.2, 0.25) is 11.8 Å². The molecule has 96 valence electrons. The Hall–Kier alpha value is -1.91. The molecule has 2 rings (SSSR count). The molecule has 1 atom stereocenters. The van der Waals surface area contributed by atoms with Gasteiger partial charge in [-0.3, -0.25) is 9.59 Å². The van der Waals surface area contributed by atoms with Crippen LogP contribution in [0.4, 0.5) is 10.1 Å². The fourth-order valence-corrected chi connectivity index (χ4v) is 1.92. The number of nitrogens with one attached hydrogen (secondary N) is 2. The molecule has 1 fully saturated rings. The van der Waals surface area contributed by atoms with E-state index in [9.17, 15) is 14.0 Å². The Morgan fingerprint density at radius 1 is 1.50 bits per heavy atom. The average molecular weight is 250 g/mol. The maximum absolute atomic E-state index is 13.1. The summed E-state index contributed by atoms with van der Waals surface area (Å²) in [6, 6.07) is 4.27. The van der Waals surface area contributed by atoms with Crippen LogP contribution in [0, 0.1) is 18.7 Å². The topological polar surface area (TPSA) is 58.2 Å². The standard InChI is InChI=1S/C13H15FN2O2/c1-8-2-4-10(14)6-11(8)16-13(18)9-3-5-12(17)15-7-9/h2,4,6,9H,3,5,7H2,1H3,(H,15,17)(H,16,18). The number of hydrogen-bond donors (Lipinski definition) is 2. The van der Waals surface area contributed by atoms with Gasteiger partial charge >= 0.3 is 0 Å². The van der Waals surface area contributed by atoms with E-state index in [0.717, 1.165) is 5.56 Å². The molecule has 0 aromatic heterocycles. The Bertz CT molecular complexity index is 478. The predicted octanol–water partition coefficient (Wildman–Crippen LogP) is 1.60. The van der Waals surface area contributed by atoms with Gasteiger partial charge in [0, 0.05) is 18.7 Å². The summed E-state index contributed by atoms with van der Waals surface area (Å²) in [7, 11) is 0. The summed E-state index contributed by atoms with van der Waals surface area (Å²) < 4.78 is 13.1. The summed E-state index contributed by atoms with van der Waals surface area (Å²) >= 11 is 0. The molecule has 0 bridgehead atoms. The molecule has 1 aliphatic heterocycles. The number of piperidine rings is 1. The monoisotopic (exact) mass is 250 g/mol. The van der Waals surface area contributed by atoms with E-state index in [2.05, 4.69) is 10.6 Å². The molecule has 0 saturated carbocycles. The van der Waals surface area contributed by atoms with Crippen molar-refractivity contribution in [3.8, 4) is 0 Å². The van der Waals surface area contributed by atoms with E-state index in [1.165, 1.54) is 12.1 Å². The van der Waals surface area contributed by atoms with E-state index in [1.54, 1.807) is 13.0 Å². The van der Waals surface area contributed by atoms with E-state index in [4.69, 9.17) is 0 Å². The predicted molar refractivity (Wildman–Crippen MR) is 65.5 cm³/mol. The van der Waals surface area contributed by atoms with Gasteiger partial charge in [-0.15, -0.1) is 0 Å². The van der Waals surface area contributed by atoms with Crippen molar-refractivity contribution in [3.63, 3.8) is 0 Å². The summed E-state index contributed by atoms with van der Waals surface area (Å²) in [5.74, 6) is -0.831. The van der Waals surface area contributed by atoms with Gasteiger partial charge in [0.1, 0.15) is 5.82 Å². The number of carbonyl (C=O) groups is 2. The summed E-state index contributed by atoms with van der Waals surface area (Å²) in [5.41, 5.74) is 1.29. The summed E-state index contributed by atoms with van der Waals surface area (Å²) in [6.07, 6.45) is 0.895. The molecule has 5 heteroatoms. The van der Waals surface area contributed by atoms with Crippen LogP contribution in [0.2, 0.25) is 0 Å². The molecular weight excluding hydrogens is 235 g/mol. The van der Waals surface area contributed by atoms with Crippen molar-refractivity contribution in [2.24, 2.45) is 5.92 Å².